The number of carbonyl (C=O) groups is 1. The highest BCUT2D eigenvalue weighted by Gasteiger charge is 2.33. The Morgan fingerprint density at radius 2 is 1.74 bits per heavy atom. The number of hydrogen-bond acceptors (Lipinski definition) is 1. The number of nitrogens with zero attached hydrogens (tertiary/aromatic N) is 2. The second-order valence-electron chi connectivity index (χ2n) is 6.89. The first kappa shape index (κ1) is 18.1. The van der Waals surface area contributed by atoms with Crippen LogP contribution in [0.15, 0.2) is 66.9 Å². The van der Waals surface area contributed by atoms with E-state index in [1.807, 2.05) is 41.4 Å². The minimum Gasteiger partial charge on any atom is -0.345 e. The molecule has 1 aliphatic carbocycles. The third-order valence-electron chi connectivity index (χ3n) is 4.89. The Balaban J connectivity index is 1.55. The third-order valence-corrected chi connectivity index (χ3v) is 5.51. The van der Waals surface area contributed by atoms with Crippen molar-refractivity contribution in [2.75, 3.05) is 0 Å². The van der Waals surface area contributed by atoms with Crippen LogP contribution >= 0.6 is 23.2 Å². The summed E-state index contributed by atoms with van der Waals surface area (Å²) in [5, 5.41) is 1.39. The van der Waals surface area contributed by atoms with E-state index in [9.17, 15) is 4.79 Å². The van der Waals surface area contributed by atoms with Crippen LogP contribution in [0.25, 0.3) is 0 Å². The maximum absolute atomic E-state index is 13.0. The Morgan fingerprint density at radius 3 is 2.44 bits per heavy atom. The molecule has 0 atom stereocenters. The molecule has 1 aromatic heterocycles. The van der Waals surface area contributed by atoms with E-state index < -0.39 is 0 Å². The zero-order valence-corrected chi connectivity index (χ0v) is 16.3. The Kier molecular flexibility index (Phi) is 5.24. The zero-order chi connectivity index (χ0) is 18.8. The topological polar surface area (TPSA) is 25.2 Å². The van der Waals surface area contributed by atoms with Crippen LogP contribution in [0.2, 0.25) is 10.0 Å². The lowest BCUT2D eigenvalue weighted by Gasteiger charge is -2.24. The van der Waals surface area contributed by atoms with Crippen molar-refractivity contribution in [3.63, 3.8) is 0 Å². The number of aromatic nitrogens is 1. The third kappa shape index (κ3) is 4.20. The van der Waals surface area contributed by atoms with Gasteiger partial charge in [-0.05, 0) is 60.9 Å². The first-order valence-electron chi connectivity index (χ1n) is 9.06. The SMILES string of the molecule is O=C(c1ccc(Cl)cc1)N(Cc1cccn1Cc1ccccc1Cl)C1CC1. The summed E-state index contributed by atoms with van der Waals surface area (Å²) in [6, 6.07) is 19.4. The Labute approximate surface area is 169 Å². The van der Waals surface area contributed by atoms with E-state index in [2.05, 4.69) is 10.6 Å². The number of halogens is 2. The number of hydrogen-bond donors (Lipinski definition) is 0. The van der Waals surface area contributed by atoms with Crippen molar-refractivity contribution in [2.45, 2.75) is 32.0 Å². The van der Waals surface area contributed by atoms with E-state index >= 15 is 0 Å². The van der Waals surface area contributed by atoms with Gasteiger partial charge in [-0.25, -0.2) is 0 Å². The molecule has 3 nitrogen and oxygen atoms in total. The molecule has 3 aromatic rings. The van der Waals surface area contributed by atoms with E-state index in [4.69, 9.17) is 23.2 Å². The second kappa shape index (κ2) is 7.79. The summed E-state index contributed by atoms with van der Waals surface area (Å²) >= 11 is 12.3. The Hall–Kier alpha value is -2.23. The van der Waals surface area contributed by atoms with Crippen LogP contribution in [-0.2, 0) is 13.1 Å². The Bertz CT molecular complexity index is 945. The van der Waals surface area contributed by atoms with Crippen LogP contribution in [0.4, 0.5) is 0 Å². The van der Waals surface area contributed by atoms with Crippen LogP contribution in [0.5, 0.6) is 0 Å². The first-order valence-corrected chi connectivity index (χ1v) is 9.81. The van der Waals surface area contributed by atoms with Crippen molar-refractivity contribution in [2.24, 2.45) is 0 Å². The van der Waals surface area contributed by atoms with Crippen molar-refractivity contribution in [3.8, 4) is 0 Å². The highest BCUT2D eigenvalue weighted by atomic mass is 35.5. The van der Waals surface area contributed by atoms with Gasteiger partial charge in [0.25, 0.3) is 5.91 Å². The summed E-state index contributed by atoms with van der Waals surface area (Å²) < 4.78 is 2.16. The van der Waals surface area contributed by atoms with E-state index in [0.29, 0.717) is 29.7 Å². The molecule has 1 aliphatic rings. The number of carbonyl (C=O) groups excluding carboxylic acids is 1. The summed E-state index contributed by atoms with van der Waals surface area (Å²) in [6.45, 7) is 1.28. The van der Waals surface area contributed by atoms with E-state index in [-0.39, 0.29) is 5.91 Å². The predicted octanol–water partition coefficient (Wildman–Crippen LogP) is 5.65. The molecule has 5 heteroatoms. The van der Waals surface area contributed by atoms with Gasteiger partial charge in [0, 0.05) is 40.1 Å². The molecule has 1 saturated carbocycles. The fraction of sp³-hybridized carbons (Fsp3) is 0.227. The van der Waals surface area contributed by atoms with Gasteiger partial charge < -0.3 is 9.47 Å². The molecule has 2 aromatic carbocycles. The lowest BCUT2D eigenvalue weighted by atomic mass is 10.2. The van der Waals surface area contributed by atoms with Crippen LogP contribution in [-0.4, -0.2) is 21.4 Å². The van der Waals surface area contributed by atoms with Gasteiger partial charge >= 0.3 is 0 Å². The van der Waals surface area contributed by atoms with E-state index in [1.165, 1.54) is 0 Å². The number of benzene rings is 2. The fourth-order valence-corrected chi connectivity index (χ4v) is 3.56. The van der Waals surface area contributed by atoms with Gasteiger partial charge in [-0.15, -0.1) is 0 Å². The molecule has 1 heterocycles. The monoisotopic (exact) mass is 398 g/mol. The predicted molar refractivity (Wildman–Crippen MR) is 109 cm³/mol. The normalized spacial score (nSPS) is 13.6. The van der Waals surface area contributed by atoms with Gasteiger partial charge in [0.05, 0.1) is 6.54 Å². The second-order valence-corrected chi connectivity index (χ2v) is 7.73. The smallest absolute Gasteiger partial charge is 0.254 e. The molecule has 138 valence electrons. The summed E-state index contributed by atoms with van der Waals surface area (Å²) in [6.07, 6.45) is 4.16. The van der Waals surface area contributed by atoms with Crippen molar-refractivity contribution >= 4 is 29.1 Å². The van der Waals surface area contributed by atoms with Gasteiger partial charge in [0.15, 0.2) is 0 Å². The number of amides is 1. The van der Waals surface area contributed by atoms with Crippen molar-refractivity contribution < 1.29 is 4.79 Å². The molecule has 0 radical (unpaired) electrons. The molecule has 0 unspecified atom stereocenters. The van der Waals surface area contributed by atoms with Gasteiger partial charge in [-0.3, -0.25) is 4.79 Å². The lowest BCUT2D eigenvalue weighted by Crippen LogP contribution is -2.33. The van der Waals surface area contributed by atoms with Crippen LogP contribution in [0.3, 0.4) is 0 Å². The van der Waals surface area contributed by atoms with Crippen LogP contribution in [0, 0.1) is 0 Å². The number of rotatable bonds is 6. The molecule has 0 saturated heterocycles. The van der Waals surface area contributed by atoms with Crippen molar-refractivity contribution in [1.29, 1.82) is 0 Å². The first-order chi connectivity index (χ1) is 13.1. The standard InChI is InChI=1S/C22H20Cl2N2O/c23-18-9-7-16(8-10-18)22(27)26(19-11-12-19)15-20-5-3-13-25(20)14-17-4-1-2-6-21(17)24/h1-10,13,19H,11-12,14-15H2. The van der Waals surface area contributed by atoms with E-state index in [0.717, 1.165) is 29.1 Å². The lowest BCUT2D eigenvalue weighted by molar-refractivity contribution is 0.0726. The molecule has 0 N–H and O–H groups in total. The Morgan fingerprint density at radius 1 is 1.00 bits per heavy atom. The van der Waals surface area contributed by atoms with Crippen molar-refractivity contribution in [3.05, 3.63) is 93.7 Å². The molecular formula is C22H20Cl2N2O. The van der Waals surface area contributed by atoms with Gasteiger partial charge in [-0.2, -0.15) is 0 Å². The maximum atomic E-state index is 13.0. The molecule has 0 aliphatic heterocycles. The van der Waals surface area contributed by atoms with Gasteiger partial charge in [-0.1, -0.05) is 41.4 Å². The maximum Gasteiger partial charge on any atom is 0.254 e. The summed E-state index contributed by atoms with van der Waals surface area (Å²) in [7, 11) is 0. The van der Waals surface area contributed by atoms with Crippen LogP contribution < -0.4 is 0 Å². The molecule has 0 bridgehead atoms. The minimum absolute atomic E-state index is 0.0552. The summed E-state index contributed by atoms with van der Waals surface area (Å²) in [5.41, 5.74) is 2.85. The molecular weight excluding hydrogens is 379 g/mol. The summed E-state index contributed by atoms with van der Waals surface area (Å²) in [4.78, 5) is 15.0. The average Bonchev–Trinajstić information content (AvgIpc) is 3.42. The van der Waals surface area contributed by atoms with E-state index in [1.54, 1.807) is 24.3 Å². The fourth-order valence-electron chi connectivity index (χ4n) is 3.24. The summed E-state index contributed by atoms with van der Waals surface area (Å²) in [5.74, 6) is 0.0552. The largest absolute Gasteiger partial charge is 0.345 e. The zero-order valence-electron chi connectivity index (χ0n) is 14.8. The van der Waals surface area contributed by atoms with Crippen LogP contribution in [0.1, 0.15) is 34.5 Å². The average molecular weight is 399 g/mol. The van der Waals surface area contributed by atoms with Gasteiger partial charge in [0.1, 0.15) is 0 Å². The highest BCUT2D eigenvalue weighted by molar-refractivity contribution is 6.31. The highest BCUT2D eigenvalue weighted by Crippen LogP contribution is 2.30. The quantitative estimate of drug-likeness (QED) is 0.526. The molecule has 4 rings (SSSR count). The molecule has 0 spiro atoms. The van der Waals surface area contributed by atoms with Gasteiger partial charge in [0.2, 0.25) is 0 Å². The molecule has 1 fully saturated rings. The van der Waals surface area contributed by atoms with Crippen molar-refractivity contribution in [1.82, 2.24) is 9.47 Å². The minimum atomic E-state index is 0.0552. The molecule has 1 amide bonds. The molecule has 27 heavy (non-hydrogen) atoms.